The maximum absolute atomic E-state index is 11.3. The normalized spacial score (nSPS) is 14.2. The van der Waals surface area contributed by atoms with Gasteiger partial charge in [-0.3, -0.25) is 9.59 Å². The second-order valence-electron chi connectivity index (χ2n) is 3.95. The average molecular weight is 258 g/mol. The molecule has 18 heavy (non-hydrogen) atoms. The van der Waals surface area contributed by atoms with Crippen molar-refractivity contribution in [1.29, 1.82) is 0 Å². The van der Waals surface area contributed by atoms with Crippen molar-refractivity contribution in [1.82, 2.24) is 0 Å². The molecule has 0 bridgehead atoms. The Morgan fingerprint density at radius 2 is 1.22 bits per heavy atom. The number of carbonyl (C=O) groups excluding carboxylic acids is 2. The summed E-state index contributed by atoms with van der Waals surface area (Å²) in [5.41, 5.74) is 0. The first-order valence-electron chi connectivity index (χ1n) is 6.19. The van der Waals surface area contributed by atoms with E-state index in [4.69, 9.17) is 9.47 Å². The fraction of sp³-hybridized carbons (Fsp3) is 0.833. The Hall–Kier alpha value is -1.46. The van der Waals surface area contributed by atoms with E-state index in [2.05, 4.69) is 10.2 Å². The Morgan fingerprint density at radius 1 is 0.889 bits per heavy atom. The summed E-state index contributed by atoms with van der Waals surface area (Å²) in [6.07, 6.45) is 0. The van der Waals surface area contributed by atoms with E-state index in [1.165, 1.54) is 0 Å². The predicted octanol–water partition coefficient (Wildman–Crippen LogP) is 1.84. The lowest BCUT2D eigenvalue weighted by Crippen LogP contribution is -2.18. The van der Waals surface area contributed by atoms with Crippen LogP contribution >= 0.6 is 0 Å². The van der Waals surface area contributed by atoms with Gasteiger partial charge in [0.05, 0.1) is 38.1 Å². The molecular formula is C12H22N2O4. The van der Waals surface area contributed by atoms with Crippen LogP contribution in [-0.2, 0) is 19.1 Å². The van der Waals surface area contributed by atoms with Crippen molar-refractivity contribution < 1.29 is 19.1 Å². The second-order valence-corrected chi connectivity index (χ2v) is 3.95. The van der Waals surface area contributed by atoms with Gasteiger partial charge in [0.2, 0.25) is 0 Å². The summed E-state index contributed by atoms with van der Waals surface area (Å²) in [5, 5.41) is 7.75. The number of esters is 2. The largest absolute Gasteiger partial charge is 0.466 e. The van der Waals surface area contributed by atoms with Gasteiger partial charge in [-0.1, -0.05) is 13.8 Å². The van der Waals surface area contributed by atoms with E-state index in [0.717, 1.165) is 0 Å². The molecule has 2 atom stereocenters. The van der Waals surface area contributed by atoms with E-state index in [0.29, 0.717) is 13.2 Å². The van der Waals surface area contributed by atoms with Crippen LogP contribution < -0.4 is 0 Å². The smallest absolute Gasteiger partial charge is 0.310 e. The first-order valence-corrected chi connectivity index (χ1v) is 6.19. The average Bonchev–Trinajstić information content (AvgIpc) is 2.34. The number of nitrogens with zero attached hydrogens (tertiary/aromatic N) is 2. The van der Waals surface area contributed by atoms with Gasteiger partial charge in [0.15, 0.2) is 0 Å². The molecule has 0 heterocycles. The van der Waals surface area contributed by atoms with Crippen molar-refractivity contribution in [2.24, 2.45) is 22.1 Å². The zero-order chi connectivity index (χ0) is 14.0. The summed E-state index contributed by atoms with van der Waals surface area (Å²) in [7, 11) is 0. The lowest BCUT2D eigenvalue weighted by Gasteiger charge is -2.08. The van der Waals surface area contributed by atoms with E-state index in [-0.39, 0.29) is 36.9 Å². The second kappa shape index (κ2) is 9.56. The molecule has 0 spiro atoms. The van der Waals surface area contributed by atoms with Crippen molar-refractivity contribution in [3.8, 4) is 0 Å². The Balaban J connectivity index is 3.89. The maximum atomic E-state index is 11.3. The van der Waals surface area contributed by atoms with Crippen molar-refractivity contribution in [2.45, 2.75) is 27.7 Å². The third-order valence-corrected chi connectivity index (χ3v) is 2.19. The third-order valence-electron chi connectivity index (χ3n) is 2.19. The zero-order valence-corrected chi connectivity index (χ0v) is 11.5. The van der Waals surface area contributed by atoms with Crippen LogP contribution in [0, 0.1) is 11.8 Å². The molecule has 104 valence electrons. The number of azo groups is 1. The summed E-state index contributed by atoms with van der Waals surface area (Å²) >= 11 is 0. The monoisotopic (exact) mass is 258 g/mol. The van der Waals surface area contributed by atoms with Gasteiger partial charge >= 0.3 is 11.9 Å². The number of ether oxygens (including phenoxy) is 2. The maximum Gasteiger partial charge on any atom is 0.310 e. The Morgan fingerprint density at radius 3 is 1.50 bits per heavy atom. The van der Waals surface area contributed by atoms with Crippen LogP contribution in [-0.4, -0.2) is 38.2 Å². The first kappa shape index (κ1) is 16.5. The predicted molar refractivity (Wildman–Crippen MR) is 66.2 cm³/mol. The van der Waals surface area contributed by atoms with Gasteiger partial charge in [-0.25, -0.2) is 0 Å². The van der Waals surface area contributed by atoms with Crippen LogP contribution in [0.3, 0.4) is 0 Å². The van der Waals surface area contributed by atoms with E-state index in [9.17, 15) is 9.59 Å². The summed E-state index contributed by atoms with van der Waals surface area (Å²) in [6, 6.07) is 0. The highest BCUT2D eigenvalue weighted by molar-refractivity contribution is 5.72. The van der Waals surface area contributed by atoms with Gasteiger partial charge in [0.1, 0.15) is 0 Å². The van der Waals surface area contributed by atoms with Crippen molar-refractivity contribution in [3.05, 3.63) is 0 Å². The Labute approximate surface area is 108 Å². The molecule has 0 radical (unpaired) electrons. The third kappa shape index (κ3) is 6.98. The molecule has 0 aliphatic rings. The van der Waals surface area contributed by atoms with Crippen LogP contribution in [0.25, 0.3) is 0 Å². The molecule has 6 heteroatoms. The van der Waals surface area contributed by atoms with Crippen LogP contribution in [0.4, 0.5) is 0 Å². The van der Waals surface area contributed by atoms with Gasteiger partial charge < -0.3 is 9.47 Å². The number of carbonyl (C=O) groups is 2. The summed E-state index contributed by atoms with van der Waals surface area (Å²) in [6.45, 7) is 8.24. The lowest BCUT2D eigenvalue weighted by atomic mass is 10.2. The van der Waals surface area contributed by atoms with Gasteiger partial charge in [-0.05, 0) is 13.8 Å². The van der Waals surface area contributed by atoms with Crippen molar-refractivity contribution >= 4 is 11.9 Å². The molecule has 0 aromatic rings. The standard InChI is InChI=1S/C12H22N2O4/c1-5-17-11(15)9(3)7-13-14-8-10(4)12(16)18-6-2/h9-10H,5-8H2,1-4H3. The van der Waals surface area contributed by atoms with Crippen LogP contribution in [0.2, 0.25) is 0 Å². The Kier molecular flexibility index (Phi) is 8.78. The summed E-state index contributed by atoms with van der Waals surface area (Å²) in [5.74, 6) is -1.19. The molecule has 2 unspecified atom stereocenters. The molecule has 6 nitrogen and oxygen atoms in total. The topological polar surface area (TPSA) is 77.3 Å². The minimum absolute atomic E-state index is 0.272. The molecule has 0 N–H and O–H groups in total. The molecule has 0 fully saturated rings. The highest BCUT2D eigenvalue weighted by atomic mass is 16.5. The molecule has 0 aliphatic heterocycles. The van der Waals surface area contributed by atoms with E-state index < -0.39 is 0 Å². The molecular weight excluding hydrogens is 236 g/mol. The fourth-order valence-electron chi connectivity index (χ4n) is 1.08. The molecule has 0 aromatic carbocycles. The number of hydrogen-bond donors (Lipinski definition) is 0. The highest BCUT2D eigenvalue weighted by Crippen LogP contribution is 2.02. The van der Waals surface area contributed by atoms with E-state index >= 15 is 0 Å². The molecule has 0 aliphatic carbocycles. The fourth-order valence-corrected chi connectivity index (χ4v) is 1.08. The molecule has 0 rings (SSSR count). The van der Waals surface area contributed by atoms with Crippen molar-refractivity contribution in [2.75, 3.05) is 26.3 Å². The van der Waals surface area contributed by atoms with Gasteiger partial charge in [-0.15, -0.1) is 0 Å². The minimum atomic E-state index is -0.313. The highest BCUT2D eigenvalue weighted by Gasteiger charge is 2.14. The number of hydrogen-bond acceptors (Lipinski definition) is 6. The van der Waals surface area contributed by atoms with E-state index in [1.54, 1.807) is 27.7 Å². The zero-order valence-electron chi connectivity index (χ0n) is 11.5. The van der Waals surface area contributed by atoms with Crippen LogP contribution in [0.1, 0.15) is 27.7 Å². The summed E-state index contributed by atoms with van der Waals surface area (Å²) < 4.78 is 9.67. The van der Waals surface area contributed by atoms with Gasteiger partial charge in [-0.2, -0.15) is 10.2 Å². The number of rotatable bonds is 8. The van der Waals surface area contributed by atoms with Crippen molar-refractivity contribution in [3.63, 3.8) is 0 Å². The molecule has 0 amide bonds. The SMILES string of the molecule is CCOC(=O)C(C)CN=NCC(C)C(=O)OCC. The minimum Gasteiger partial charge on any atom is -0.466 e. The molecule has 0 saturated carbocycles. The lowest BCUT2D eigenvalue weighted by molar-refractivity contribution is -0.148. The van der Waals surface area contributed by atoms with Crippen LogP contribution in [0.15, 0.2) is 10.2 Å². The van der Waals surface area contributed by atoms with Crippen LogP contribution in [0.5, 0.6) is 0 Å². The molecule has 0 aromatic heterocycles. The van der Waals surface area contributed by atoms with Gasteiger partial charge in [0.25, 0.3) is 0 Å². The molecule has 0 saturated heterocycles. The quantitative estimate of drug-likeness (QED) is 0.491. The summed E-state index contributed by atoms with van der Waals surface area (Å²) in [4.78, 5) is 22.5. The van der Waals surface area contributed by atoms with E-state index in [1.807, 2.05) is 0 Å². The van der Waals surface area contributed by atoms with Gasteiger partial charge in [0, 0.05) is 0 Å². The Bertz CT molecular complexity index is 264. The first-order chi connectivity index (χ1) is 8.52.